The maximum Gasteiger partial charge on any atom is 0.303 e. The molecule has 1 saturated carbocycles. The van der Waals surface area contributed by atoms with E-state index in [-0.39, 0.29) is 0 Å². The van der Waals surface area contributed by atoms with Crippen LogP contribution in [0.5, 0.6) is 0 Å². The second kappa shape index (κ2) is 6.84. The molecule has 0 unspecified atom stereocenters. The fourth-order valence-corrected chi connectivity index (χ4v) is 3.75. The Bertz CT molecular complexity index is 525. The molecule has 1 aliphatic rings. The third-order valence-electron chi connectivity index (χ3n) is 3.22. The average Bonchev–Trinajstić information content (AvgIpc) is 3.15. The lowest BCUT2D eigenvalue weighted by atomic mass is 10.3. The molecule has 1 fully saturated rings. The van der Waals surface area contributed by atoms with Crippen LogP contribution in [0.15, 0.2) is 5.38 Å². The molecule has 8 heteroatoms. The second-order valence-corrected chi connectivity index (χ2v) is 7.62. The van der Waals surface area contributed by atoms with Gasteiger partial charge in [0, 0.05) is 24.9 Å². The lowest BCUT2D eigenvalue weighted by molar-refractivity contribution is 0.459. The van der Waals surface area contributed by atoms with E-state index in [4.69, 9.17) is 0 Å². The Balaban J connectivity index is 1.84. The van der Waals surface area contributed by atoms with Gasteiger partial charge in [-0.1, -0.05) is 6.92 Å². The van der Waals surface area contributed by atoms with Crippen molar-refractivity contribution < 1.29 is 8.42 Å². The van der Waals surface area contributed by atoms with Crippen LogP contribution in [-0.2, 0) is 10.2 Å². The summed E-state index contributed by atoms with van der Waals surface area (Å²) in [5.41, 5.74) is 1.02. The summed E-state index contributed by atoms with van der Waals surface area (Å²) < 4.78 is 28.1. The van der Waals surface area contributed by atoms with Gasteiger partial charge >= 0.3 is 10.2 Å². The van der Waals surface area contributed by atoms with Crippen molar-refractivity contribution in [2.24, 2.45) is 0 Å². The highest BCUT2D eigenvalue weighted by molar-refractivity contribution is 7.90. The van der Waals surface area contributed by atoms with Crippen LogP contribution < -0.4 is 10.0 Å². The lowest BCUT2D eigenvalue weighted by Crippen LogP contribution is -2.34. The van der Waals surface area contributed by atoms with E-state index in [1.807, 2.05) is 12.3 Å². The Morgan fingerprint density at radius 1 is 1.50 bits per heavy atom. The number of nitrogens with one attached hydrogen (secondary N) is 2. The number of anilines is 1. The minimum absolute atomic E-state index is 0.463. The van der Waals surface area contributed by atoms with Gasteiger partial charge in [-0.05, 0) is 32.4 Å². The van der Waals surface area contributed by atoms with Crippen LogP contribution in [0, 0.1) is 0 Å². The minimum Gasteiger partial charge on any atom is -0.317 e. The molecule has 0 amide bonds. The highest BCUT2D eigenvalue weighted by atomic mass is 32.2. The van der Waals surface area contributed by atoms with E-state index >= 15 is 0 Å². The molecule has 0 aromatic carbocycles. The molecule has 0 bridgehead atoms. The molecule has 2 N–H and O–H groups in total. The molecule has 2 rings (SSSR count). The van der Waals surface area contributed by atoms with Gasteiger partial charge in [-0.25, -0.2) is 9.71 Å². The summed E-state index contributed by atoms with van der Waals surface area (Å²) in [4.78, 5) is 4.34. The molecule has 20 heavy (non-hydrogen) atoms. The molecule has 114 valence electrons. The zero-order valence-corrected chi connectivity index (χ0v) is 13.6. The molecular formula is C12H22N4O2S2. The van der Waals surface area contributed by atoms with Gasteiger partial charge in [-0.3, -0.25) is 0 Å². The van der Waals surface area contributed by atoms with E-state index in [9.17, 15) is 8.42 Å². The minimum atomic E-state index is -3.49. The fraction of sp³-hybridized carbons (Fsp3) is 0.750. The molecule has 0 atom stereocenters. The molecule has 0 aliphatic heterocycles. The van der Waals surface area contributed by atoms with Gasteiger partial charge in [0.1, 0.15) is 0 Å². The van der Waals surface area contributed by atoms with Crippen molar-refractivity contribution in [3.8, 4) is 0 Å². The molecule has 1 aromatic rings. The van der Waals surface area contributed by atoms with Crippen molar-refractivity contribution in [2.75, 3.05) is 31.4 Å². The van der Waals surface area contributed by atoms with Crippen LogP contribution in [0.1, 0.15) is 37.8 Å². The summed E-state index contributed by atoms with van der Waals surface area (Å²) in [6, 6.07) is 0. The number of hydrogen-bond acceptors (Lipinski definition) is 5. The van der Waals surface area contributed by atoms with Gasteiger partial charge in [-0.15, -0.1) is 11.3 Å². The number of nitrogens with zero attached hydrogens (tertiary/aromatic N) is 2. The van der Waals surface area contributed by atoms with Gasteiger partial charge < -0.3 is 5.32 Å². The fourth-order valence-electron chi connectivity index (χ4n) is 1.81. The summed E-state index contributed by atoms with van der Waals surface area (Å²) in [7, 11) is -1.90. The van der Waals surface area contributed by atoms with Crippen LogP contribution >= 0.6 is 11.3 Å². The molecule has 0 saturated heterocycles. The molecule has 1 aliphatic carbocycles. The molecule has 1 aromatic heterocycles. The maximum absolute atomic E-state index is 12.1. The van der Waals surface area contributed by atoms with Crippen molar-refractivity contribution in [2.45, 2.75) is 32.1 Å². The quantitative estimate of drug-likeness (QED) is 0.678. The number of hydrogen-bond donors (Lipinski definition) is 2. The monoisotopic (exact) mass is 318 g/mol. The van der Waals surface area contributed by atoms with Crippen molar-refractivity contribution in [3.63, 3.8) is 0 Å². The topological polar surface area (TPSA) is 74.3 Å². The molecule has 0 radical (unpaired) electrons. The molecular weight excluding hydrogens is 296 g/mol. The largest absolute Gasteiger partial charge is 0.317 e. The van der Waals surface area contributed by atoms with Crippen molar-refractivity contribution in [1.29, 1.82) is 0 Å². The van der Waals surface area contributed by atoms with Gasteiger partial charge in [0.25, 0.3) is 0 Å². The van der Waals surface area contributed by atoms with E-state index in [0.717, 1.165) is 25.2 Å². The zero-order valence-electron chi connectivity index (χ0n) is 11.9. The van der Waals surface area contributed by atoms with Crippen LogP contribution in [0.25, 0.3) is 0 Å². The van der Waals surface area contributed by atoms with E-state index in [1.165, 1.54) is 28.5 Å². The van der Waals surface area contributed by atoms with Crippen LogP contribution in [0.2, 0.25) is 0 Å². The maximum atomic E-state index is 12.1. The Labute approximate surface area is 124 Å². The molecule has 6 nitrogen and oxygen atoms in total. The Morgan fingerprint density at radius 2 is 2.25 bits per heavy atom. The smallest absolute Gasteiger partial charge is 0.303 e. The summed E-state index contributed by atoms with van der Waals surface area (Å²) in [6.45, 7) is 4.24. The zero-order chi connectivity index (χ0) is 14.6. The van der Waals surface area contributed by atoms with E-state index in [0.29, 0.717) is 17.6 Å². The Morgan fingerprint density at radius 3 is 2.90 bits per heavy atom. The van der Waals surface area contributed by atoms with Crippen molar-refractivity contribution in [1.82, 2.24) is 14.6 Å². The van der Waals surface area contributed by atoms with Crippen LogP contribution in [0.4, 0.5) is 5.13 Å². The Hall–Kier alpha value is -0.700. The highest BCUT2D eigenvalue weighted by Crippen LogP contribution is 2.40. The van der Waals surface area contributed by atoms with Crippen LogP contribution in [0.3, 0.4) is 0 Å². The first-order valence-electron chi connectivity index (χ1n) is 6.93. The highest BCUT2D eigenvalue weighted by Gasteiger charge is 2.27. The van der Waals surface area contributed by atoms with Gasteiger partial charge in [0.2, 0.25) is 0 Å². The first kappa shape index (κ1) is 15.7. The molecule has 1 heterocycles. The molecule has 0 spiro atoms. The normalized spacial score (nSPS) is 15.8. The second-order valence-electron chi connectivity index (χ2n) is 4.99. The first-order valence-corrected chi connectivity index (χ1v) is 9.25. The number of thiazole rings is 1. The van der Waals surface area contributed by atoms with Crippen LogP contribution in [-0.4, -0.2) is 44.4 Å². The summed E-state index contributed by atoms with van der Waals surface area (Å²) in [5.74, 6) is 0.544. The Kier molecular flexibility index (Phi) is 5.36. The van der Waals surface area contributed by atoms with Gasteiger partial charge in [-0.2, -0.15) is 12.7 Å². The number of aromatic nitrogens is 1. The first-order chi connectivity index (χ1) is 9.53. The SMILES string of the molecule is CCNCCCN(C)S(=O)(=O)Nc1nc(C2CC2)cs1. The predicted molar refractivity (Wildman–Crippen MR) is 82.4 cm³/mol. The summed E-state index contributed by atoms with van der Waals surface area (Å²) >= 11 is 1.35. The van der Waals surface area contributed by atoms with Gasteiger partial charge in [0.05, 0.1) is 5.69 Å². The van der Waals surface area contributed by atoms with E-state index in [2.05, 4.69) is 15.0 Å². The van der Waals surface area contributed by atoms with Crippen molar-refractivity contribution in [3.05, 3.63) is 11.1 Å². The summed E-state index contributed by atoms with van der Waals surface area (Å²) in [6.07, 6.45) is 3.12. The predicted octanol–water partition coefficient (Wildman–Crippen LogP) is 1.61. The van der Waals surface area contributed by atoms with Crippen molar-refractivity contribution >= 4 is 26.7 Å². The standard InChI is InChI=1S/C12H22N4O2S2/c1-3-13-7-4-8-16(2)20(17,18)15-12-14-11(9-19-12)10-5-6-10/h9-10,13H,3-8H2,1-2H3,(H,14,15). The lowest BCUT2D eigenvalue weighted by Gasteiger charge is -2.17. The average molecular weight is 318 g/mol. The van der Waals surface area contributed by atoms with E-state index in [1.54, 1.807) is 7.05 Å². The third-order valence-corrected chi connectivity index (χ3v) is 5.58. The van der Waals surface area contributed by atoms with Gasteiger partial charge in [0.15, 0.2) is 5.13 Å². The number of rotatable bonds is 9. The third kappa shape index (κ3) is 4.41. The van der Waals surface area contributed by atoms with E-state index < -0.39 is 10.2 Å². The summed E-state index contributed by atoms with van der Waals surface area (Å²) in [5, 5.41) is 5.58.